The Morgan fingerprint density at radius 2 is 2.20 bits per heavy atom. The van der Waals surface area contributed by atoms with Crippen LogP contribution in [0.3, 0.4) is 0 Å². The Balaban J connectivity index is 2.63. The van der Waals surface area contributed by atoms with Crippen molar-refractivity contribution in [1.82, 2.24) is 0 Å². The minimum Gasteiger partial charge on any atom is -0.0996 e. The van der Waals surface area contributed by atoms with Crippen molar-refractivity contribution >= 4 is 0 Å². The summed E-state index contributed by atoms with van der Waals surface area (Å²) in [5.41, 5.74) is 1.84. The molecule has 1 aliphatic carbocycles. The third-order valence-electron chi connectivity index (χ3n) is 3.02. The maximum Gasteiger partial charge on any atom is -0.0119 e. The SMILES string of the molecule is C=C(C)C1(C)CCC(C)C1. The molecule has 1 fully saturated rings. The number of hydrogen-bond donors (Lipinski definition) is 0. The molecule has 0 amide bonds. The summed E-state index contributed by atoms with van der Waals surface area (Å²) in [5, 5.41) is 0. The molecule has 0 aromatic carbocycles. The normalized spacial score (nSPS) is 40.1. The molecule has 0 bridgehead atoms. The van der Waals surface area contributed by atoms with E-state index >= 15 is 0 Å². The summed E-state index contributed by atoms with van der Waals surface area (Å²) in [5.74, 6) is 0.918. The maximum atomic E-state index is 4.04. The average Bonchev–Trinajstić information content (AvgIpc) is 2.13. The minimum absolute atomic E-state index is 0.472. The monoisotopic (exact) mass is 138 g/mol. The molecule has 10 heavy (non-hydrogen) atoms. The first-order valence-electron chi connectivity index (χ1n) is 4.20. The Morgan fingerprint density at radius 3 is 2.40 bits per heavy atom. The van der Waals surface area contributed by atoms with Crippen LogP contribution in [0.5, 0.6) is 0 Å². The van der Waals surface area contributed by atoms with Crippen molar-refractivity contribution in [3.63, 3.8) is 0 Å². The lowest BCUT2D eigenvalue weighted by Gasteiger charge is -2.23. The molecule has 0 aromatic heterocycles. The van der Waals surface area contributed by atoms with E-state index in [1.165, 1.54) is 24.8 Å². The Bertz CT molecular complexity index is 146. The van der Waals surface area contributed by atoms with Crippen molar-refractivity contribution < 1.29 is 0 Å². The first kappa shape index (κ1) is 7.84. The molecule has 0 heteroatoms. The van der Waals surface area contributed by atoms with Crippen molar-refractivity contribution in [2.45, 2.75) is 40.0 Å². The summed E-state index contributed by atoms with van der Waals surface area (Å²) < 4.78 is 0. The summed E-state index contributed by atoms with van der Waals surface area (Å²) in [7, 11) is 0. The van der Waals surface area contributed by atoms with Gasteiger partial charge in [0.1, 0.15) is 0 Å². The third-order valence-corrected chi connectivity index (χ3v) is 3.02. The fourth-order valence-electron chi connectivity index (χ4n) is 1.93. The molecule has 0 aliphatic heterocycles. The first-order valence-corrected chi connectivity index (χ1v) is 4.20. The van der Waals surface area contributed by atoms with E-state index < -0.39 is 0 Å². The van der Waals surface area contributed by atoms with Gasteiger partial charge < -0.3 is 0 Å². The van der Waals surface area contributed by atoms with Gasteiger partial charge in [0.05, 0.1) is 0 Å². The van der Waals surface area contributed by atoms with E-state index in [1.54, 1.807) is 0 Å². The first-order chi connectivity index (χ1) is 4.54. The third kappa shape index (κ3) is 1.25. The second kappa shape index (κ2) is 2.41. The molecular formula is C10H18. The van der Waals surface area contributed by atoms with Gasteiger partial charge in [0.25, 0.3) is 0 Å². The van der Waals surface area contributed by atoms with Gasteiger partial charge in [-0.05, 0) is 37.5 Å². The smallest absolute Gasteiger partial charge is 0.0119 e. The van der Waals surface area contributed by atoms with E-state index in [4.69, 9.17) is 0 Å². The molecule has 0 heterocycles. The summed E-state index contributed by atoms with van der Waals surface area (Å²) in [4.78, 5) is 0. The molecule has 0 aromatic rings. The van der Waals surface area contributed by atoms with E-state index in [0.29, 0.717) is 5.41 Å². The lowest BCUT2D eigenvalue weighted by molar-refractivity contribution is 0.398. The van der Waals surface area contributed by atoms with E-state index in [0.717, 1.165) is 5.92 Å². The maximum absolute atomic E-state index is 4.04. The predicted octanol–water partition coefficient (Wildman–Crippen LogP) is 3.39. The summed E-state index contributed by atoms with van der Waals surface area (Å²) >= 11 is 0. The highest BCUT2D eigenvalue weighted by atomic mass is 14.4. The van der Waals surface area contributed by atoms with Crippen molar-refractivity contribution in [1.29, 1.82) is 0 Å². The zero-order chi connectivity index (χ0) is 7.78. The van der Waals surface area contributed by atoms with Gasteiger partial charge in [0.15, 0.2) is 0 Å². The molecule has 0 spiro atoms. The largest absolute Gasteiger partial charge is 0.0996 e. The fraction of sp³-hybridized carbons (Fsp3) is 0.800. The molecular weight excluding hydrogens is 120 g/mol. The highest BCUT2D eigenvalue weighted by Crippen LogP contribution is 2.45. The van der Waals surface area contributed by atoms with Crippen LogP contribution in [0.15, 0.2) is 12.2 Å². The predicted molar refractivity (Wildman–Crippen MR) is 45.9 cm³/mol. The summed E-state index contributed by atoms with van der Waals surface area (Å²) in [6.07, 6.45) is 4.09. The van der Waals surface area contributed by atoms with Crippen LogP contribution >= 0.6 is 0 Å². The zero-order valence-electron chi connectivity index (χ0n) is 7.41. The highest BCUT2D eigenvalue weighted by molar-refractivity contribution is 5.08. The second-order valence-corrected chi connectivity index (χ2v) is 4.19. The molecule has 1 aliphatic rings. The Labute approximate surface area is 64.3 Å². The molecule has 0 radical (unpaired) electrons. The van der Waals surface area contributed by atoms with Gasteiger partial charge >= 0.3 is 0 Å². The van der Waals surface area contributed by atoms with E-state index in [1.807, 2.05) is 0 Å². The number of hydrogen-bond acceptors (Lipinski definition) is 0. The Hall–Kier alpha value is -0.260. The van der Waals surface area contributed by atoms with Crippen LogP contribution in [0.2, 0.25) is 0 Å². The van der Waals surface area contributed by atoms with E-state index in [-0.39, 0.29) is 0 Å². The lowest BCUT2D eigenvalue weighted by Crippen LogP contribution is -2.11. The van der Waals surface area contributed by atoms with E-state index in [2.05, 4.69) is 27.4 Å². The molecule has 58 valence electrons. The van der Waals surface area contributed by atoms with Crippen LogP contribution in [0.1, 0.15) is 40.0 Å². The molecule has 2 unspecified atom stereocenters. The molecule has 0 saturated heterocycles. The van der Waals surface area contributed by atoms with Crippen molar-refractivity contribution in [3.05, 3.63) is 12.2 Å². The molecule has 1 rings (SSSR count). The molecule has 1 saturated carbocycles. The van der Waals surface area contributed by atoms with Crippen molar-refractivity contribution in [2.75, 3.05) is 0 Å². The van der Waals surface area contributed by atoms with Crippen LogP contribution in [0.25, 0.3) is 0 Å². The minimum atomic E-state index is 0.472. The Kier molecular flexibility index (Phi) is 1.89. The van der Waals surface area contributed by atoms with Crippen molar-refractivity contribution in [3.8, 4) is 0 Å². The van der Waals surface area contributed by atoms with Gasteiger partial charge in [0, 0.05) is 0 Å². The molecule has 2 atom stereocenters. The summed E-state index contributed by atoms with van der Waals surface area (Å²) in [6, 6.07) is 0. The van der Waals surface area contributed by atoms with E-state index in [9.17, 15) is 0 Å². The van der Waals surface area contributed by atoms with Gasteiger partial charge in [-0.15, -0.1) is 0 Å². The summed E-state index contributed by atoms with van der Waals surface area (Å²) in [6.45, 7) is 10.9. The van der Waals surface area contributed by atoms with Crippen LogP contribution in [0.4, 0.5) is 0 Å². The van der Waals surface area contributed by atoms with Gasteiger partial charge in [-0.2, -0.15) is 0 Å². The topological polar surface area (TPSA) is 0 Å². The van der Waals surface area contributed by atoms with Gasteiger partial charge in [0.2, 0.25) is 0 Å². The Morgan fingerprint density at radius 1 is 1.60 bits per heavy atom. The van der Waals surface area contributed by atoms with Crippen LogP contribution < -0.4 is 0 Å². The fourth-order valence-corrected chi connectivity index (χ4v) is 1.93. The van der Waals surface area contributed by atoms with Gasteiger partial charge in [-0.25, -0.2) is 0 Å². The quantitative estimate of drug-likeness (QED) is 0.487. The molecule has 0 N–H and O–H groups in total. The van der Waals surface area contributed by atoms with Crippen molar-refractivity contribution in [2.24, 2.45) is 11.3 Å². The lowest BCUT2D eigenvalue weighted by atomic mass is 9.82. The van der Waals surface area contributed by atoms with Crippen LogP contribution in [0, 0.1) is 11.3 Å². The average molecular weight is 138 g/mol. The van der Waals surface area contributed by atoms with Crippen LogP contribution in [-0.2, 0) is 0 Å². The highest BCUT2D eigenvalue weighted by Gasteiger charge is 2.33. The second-order valence-electron chi connectivity index (χ2n) is 4.19. The van der Waals surface area contributed by atoms with Gasteiger partial charge in [-0.1, -0.05) is 26.0 Å². The standard InChI is InChI=1S/C10H18/c1-8(2)10(4)6-5-9(3)7-10/h9H,1,5-7H2,2-4H3. The zero-order valence-corrected chi connectivity index (χ0v) is 7.41. The van der Waals surface area contributed by atoms with Gasteiger partial charge in [-0.3, -0.25) is 0 Å². The molecule has 0 nitrogen and oxygen atoms in total. The number of rotatable bonds is 1. The van der Waals surface area contributed by atoms with Crippen LogP contribution in [-0.4, -0.2) is 0 Å². The number of allylic oxidation sites excluding steroid dienone is 1.